The molecule has 8 heteroatoms. The van der Waals surface area contributed by atoms with Crippen LogP contribution in [0.1, 0.15) is 50.8 Å². The van der Waals surface area contributed by atoms with E-state index in [1.807, 2.05) is 49.4 Å². The Bertz CT molecular complexity index is 1080. The standard InChI is InChI=1S/C25H30N4O3S/c1-6-32-23(30)21-16(4)29(5)25(33)28-22(21)18-8-7-9-20(14-18)27-24(31)26-19-12-10-17(11-13-19)15(2)3/h7-15,22H,6H2,1-5H3,(H,28,33)(H2,26,27,31). The van der Waals surface area contributed by atoms with Gasteiger partial charge in [0.15, 0.2) is 5.11 Å². The molecule has 0 saturated heterocycles. The van der Waals surface area contributed by atoms with E-state index in [2.05, 4.69) is 29.8 Å². The Morgan fingerprint density at radius 2 is 1.79 bits per heavy atom. The summed E-state index contributed by atoms with van der Waals surface area (Å²) in [5, 5.41) is 9.41. The number of benzene rings is 2. The number of rotatable bonds is 6. The minimum absolute atomic E-state index is 0.274. The van der Waals surface area contributed by atoms with Crippen molar-refractivity contribution >= 4 is 40.7 Å². The molecule has 0 spiro atoms. The van der Waals surface area contributed by atoms with Gasteiger partial charge in [0.2, 0.25) is 0 Å². The Labute approximate surface area is 200 Å². The number of carbonyl (C=O) groups excluding carboxylic acids is 2. The van der Waals surface area contributed by atoms with E-state index in [0.717, 1.165) is 11.3 Å². The molecule has 0 fully saturated rings. The minimum atomic E-state index is -0.485. The predicted molar refractivity (Wildman–Crippen MR) is 135 cm³/mol. The van der Waals surface area contributed by atoms with Crippen LogP contribution in [-0.4, -0.2) is 35.7 Å². The number of hydrogen-bond acceptors (Lipinski definition) is 4. The van der Waals surface area contributed by atoms with Crippen LogP contribution in [0.25, 0.3) is 0 Å². The molecule has 1 unspecified atom stereocenters. The van der Waals surface area contributed by atoms with E-state index in [0.29, 0.717) is 28.0 Å². The smallest absolute Gasteiger partial charge is 0.338 e. The summed E-state index contributed by atoms with van der Waals surface area (Å²) >= 11 is 5.44. The number of allylic oxidation sites excluding steroid dienone is 1. The van der Waals surface area contributed by atoms with Gasteiger partial charge in [0.05, 0.1) is 18.2 Å². The highest BCUT2D eigenvalue weighted by atomic mass is 32.1. The lowest BCUT2D eigenvalue weighted by atomic mass is 9.95. The van der Waals surface area contributed by atoms with Crippen molar-refractivity contribution in [3.05, 3.63) is 70.9 Å². The summed E-state index contributed by atoms with van der Waals surface area (Å²) in [7, 11) is 1.80. The number of urea groups is 1. The van der Waals surface area contributed by atoms with Crippen LogP contribution >= 0.6 is 12.2 Å². The summed E-state index contributed by atoms with van der Waals surface area (Å²) in [6.45, 7) is 8.13. The van der Waals surface area contributed by atoms with Crippen molar-refractivity contribution in [1.29, 1.82) is 0 Å². The van der Waals surface area contributed by atoms with Crippen molar-refractivity contribution in [2.24, 2.45) is 0 Å². The highest BCUT2D eigenvalue weighted by Crippen LogP contribution is 2.32. The van der Waals surface area contributed by atoms with Crippen molar-refractivity contribution in [3.63, 3.8) is 0 Å². The second-order valence-electron chi connectivity index (χ2n) is 8.14. The number of carbonyl (C=O) groups is 2. The lowest BCUT2D eigenvalue weighted by Crippen LogP contribution is -2.46. The summed E-state index contributed by atoms with van der Waals surface area (Å²) in [4.78, 5) is 27.0. The van der Waals surface area contributed by atoms with E-state index in [1.54, 1.807) is 24.9 Å². The molecule has 0 radical (unpaired) electrons. The molecule has 0 aromatic heterocycles. The summed E-state index contributed by atoms with van der Waals surface area (Å²) < 4.78 is 5.28. The average molecular weight is 467 g/mol. The second-order valence-corrected chi connectivity index (χ2v) is 8.53. The fourth-order valence-electron chi connectivity index (χ4n) is 3.60. The zero-order valence-electron chi connectivity index (χ0n) is 19.6. The van der Waals surface area contributed by atoms with Gasteiger partial charge in [-0.3, -0.25) is 0 Å². The second kappa shape index (κ2) is 10.5. The van der Waals surface area contributed by atoms with Crippen molar-refractivity contribution < 1.29 is 14.3 Å². The Balaban J connectivity index is 1.79. The molecule has 1 atom stereocenters. The Morgan fingerprint density at radius 1 is 1.12 bits per heavy atom. The summed E-state index contributed by atoms with van der Waals surface area (Å²) in [6.07, 6.45) is 0. The third-order valence-electron chi connectivity index (χ3n) is 5.56. The maximum atomic E-state index is 12.7. The molecule has 174 valence electrons. The van der Waals surface area contributed by atoms with Crippen LogP contribution in [0.2, 0.25) is 0 Å². The topological polar surface area (TPSA) is 82.7 Å². The molecule has 2 aromatic carbocycles. The normalized spacial score (nSPS) is 15.9. The Morgan fingerprint density at radius 3 is 2.42 bits per heavy atom. The molecule has 7 nitrogen and oxygen atoms in total. The Kier molecular flexibility index (Phi) is 7.71. The fourth-order valence-corrected chi connectivity index (χ4v) is 3.85. The summed E-state index contributed by atoms with van der Waals surface area (Å²) in [6, 6.07) is 14.2. The van der Waals surface area contributed by atoms with Gasteiger partial charge < -0.3 is 25.6 Å². The lowest BCUT2D eigenvalue weighted by Gasteiger charge is -2.35. The van der Waals surface area contributed by atoms with Crippen LogP contribution < -0.4 is 16.0 Å². The van der Waals surface area contributed by atoms with Gasteiger partial charge >= 0.3 is 12.0 Å². The van der Waals surface area contributed by atoms with Crippen LogP contribution in [-0.2, 0) is 9.53 Å². The van der Waals surface area contributed by atoms with Gasteiger partial charge in [0.25, 0.3) is 0 Å². The van der Waals surface area contributed by atoms with E-state index in [-0.39, 0.29) is 12.6 Å². The highest BCUT2D eigenvalue weighted by molar-refractivity contribution is 7.80. The molecule has 0 aliphatic carbocycles. The predicted octanol–water partition coefficient (Wildman–Crippen LogP) is 5.15. The number of nitrogens with one attached hydrogen (secondary N) is 3. The number of thiocarbonyl (C=S) groups is 1. The molecule has 3 rings (SSSR count). The van der Waals surface area contributed by atoms with Crippen molar-refractivity contribution in [2.45, 2.75) is 39.7 Å². The van der Waals surface area contributed by atoms with Gasteiger partial charge in [0.1, 0.15) is 0 Å². The zero-order chi connectivity index (χ0) is 24.1. The van der Waals surface area contributed by atoms with Crippen LogP contribution in [0.15, 0.2) is 59.8 Å². The third-order valence-corrected chi connectivity index (χ3v) is 5.95. The number of hydrogen-bond donors (Lipinski definition) is 3. The minimum Gasteiger partial charge on any atom is -0.463 e. The fraction of sp³-hybridized carbons (Fsp3) is 0.320. The molecule has 0 bridgehead atoms. The first kappa shape index (κ1) is 24.3. The number of amides is 2. The number of anilines is 2. The molecule has 2 amide bonds. The molecule has 1 aliphatic rings. The number of ether oxygens (including phenoxy) is 1. The first-order valence-electron chi connectivity index (χ1n) is 10.9. The largest absolute Gasteiger partial charge is 0.463 e. The van der Waals surface area contributed by atoms with E-state index in [9.17, 15) is 9.59 Å². The maximum Gasteiger partial charge on any atom is 0.338 e. The SMILES string of the molecule is CCOC(=O)C1=C(C)N(C)C(=S)NC1c1cccc(NC(=O)Nc2ccc(C(C)C)cc2)c1. The van der Waals surface area contributed by atoms with Crippen molar-refractivity contribution in [3.8, 4) is 0 Å². The van der Waals surface area contributed by atoms with Crippen molar-refractivity contribution in [1.82, 2.24) is 10.2 Å². The summed E-state index contributed by atoms with van der Waals surface area (Å²) in [5.41, 5.74) is 4.50. The molecule has 33 heavy (non-hydrogen) atoms. The van der Waals surface area contributed by atoms with Crippen LogP contribution in [0.3, 0.4) is 0 Å². The van der Waals surface area contributed by atoms with Gasteiger partial charge in [-0.15, -0.1) is 0 Å². The highest BCUT2D eigenvalue weighted by Gasteiger charge is 2.33. The van der Waals surface area contributed by atoms with E-state index >= 15 is 0 Å². The average Bonchev–Trinajstić information content (AvgIpc) is 2.77. The van der Waals surface area contributed by atoms with Gasteiger partial charge in [0, 0.05) is 24.1 Å². The molecular weight excluding hydrogens is 436 g/mol. The van der Waals surface area contributed by atoms with Gasteiger partial charge in [-0.2, -0.15) is 0 Å². The quantitative estimate of drug-likeness (QED) is 0.403. The molecular formula is C25H30N4O3S. The van der Waals surface area contributed by atoms with E-state index in [4.69, 9.17) is 17.0 Å². The van der Waals surface area contributed by atoms with E-state index < -0.39 is 12.0 Å². The molecule has 2 aromatic rings. The monoisotopic (exact) mass is 466 g/mol. The van der Waals surface area contributed by atoms with E-state index in [1.165, 1.54) is 5.56 Å². The molecule has 3 N–H and O–H groups in total. The first-order chi connectivity index (χ1) is 15.7. The molecule has 0 saturated carbocycles. The van der Waals surface area contributed by atoms with Gasteiger partial charge in [-0.1, -0.05) is 38.1 Å². The van der Waals surface area contributed by atoms with Gasteiger partial charge in [-0.25, -0.2) is 9.59 Å². The third kappa shape index (κ3) is 5.70. The molecule has 1 aliphatic heterocycles. The summed E-state index contributed by atoms with van der Waals surface area (Å²) in [5.74, 6) is 0.0247. The van der Waals surface area contributed by atoms with Crippen LogP contribution in [0, 0.1) is 0 Å². The zero-order valence-corrected chi connectivity index (χ0v) is 20.4. The Hall–Kier alpha value is -3.39. The first-order valence-corrected chi connectivity index (χ1v) is 11.3. The van der Waals surface area contributed by atoms with Crippen molar-refractivity contribution in [2.75, 3.05) is 24.3 Å². The number of nitrogens with zero attached hydrogens (tertiary/aromatic N) is 1. The lowest BCUT2D eigenvalue weighted by molar-refractivity contribution is -0.139. The number of esters is 1. The van der Waals surface area contributed by atoms with Gasteiger partial charge in [-0.05, 0) is 67.4 Å². The molecule has 1 heterocycles. The maximum absolute atomic E-state index is 12.7. The van der Waals surface area contributed by atoms with Crippen LogP contribution in [0.5, 0.6) is 0 Å². The van der Waals surface area contributed by atoms with Crippen LogP contribution in [0.4, 0.5) is 16.2 Å².